The molecule has 0 heterocycles. The van der Waals surface area contributed by atoms with Crippen LogP contribution in [0.15, 0.2) is 0 Å². The van der Waals surface area contributed by atoms with E-state index in [1.807, 2.05) is 0 Å². The van der Waals surface area contributed by atoms with Gasteiger partial charge in [0.1, 0.15) is 0 Å². The summed E-state index contributed by atoms with van der Waals surface area (Å²) in [5.74, 6) is 0.822. The van der Waals surface area contributed by atoms with Gasteiger partial charge < -0.3 is 16.2 Å². The van der Waals surface area contributed by atoms with Gasteiger partial charge in [-0.1, -0.05) is 25.7 Å². The summed E-state index contributed by atoms with van der Waals surface area (Å²) in [6.45, 7) is 0.928. The molecule has 2 fully saturated rings. The first-order valence-corrected chi connectivity index (χ1v) is 7.34. The highest BCUT2D eigenvalue weighted by Crippen LogP contribution is 2.31. The van der Waals surface area contributed by atoms with Gasteiger partial charge in [-0.2, -0.15) is 0 Å². The number of nitrogens with one attached hydrogen (secondary N) is 1. The maximum Gasteiger partial charge on any atom is 0.240 e. The Hall–Kier alpha value is -0.610. The highest BCUT2D eigenvalue weighted by molar-refractivity contribution is 5.86. The van der Waals surface area contributed by atoms with Gasteiger partial charge in [0.2, 0.25) is 5.91 Å². The average molecular weight is 254 g/mol. The Morgan fingerprint density at radius 3 is 2.50 bits per heavy atom. The average Bonchev–Trinajstić information content (AvgIpc) is 2.84. The predicted octanol–water partition coefficient (Wildman–Crippen LogP) is 1.17. The first-order valence-electron chi connectivity index (χ1n) is 7.34. The summed E-state index contributed by atoms with van der Waals surface area (Å²) >= 11 is 0. The van der Waals surface area contributed by atoms with Crippen LogP contribution in [0.25, 0.3) is 0 Å². The number of carbonyl (C=O) groups excluding carboxylic acids is 1. The summed E-state index contributed by atoms with van der Waals surface area (Å²) in [6, 6.07) is 0. The molecule has 2 rings (SSSR count). The van der Waals surface area contributed by atoms with Crippen LogP contribution in [0.3, 0.4) is 0 Å². The Morgan fingerprint density at radius 2 is 1.83 bits per heavy atom. The van der Waals surface area contributed by atoms with E-state index < -0.39 is 5.54 Å². The summed E-state index contributed by atoms with van der Waals surface area (Å²) in [5.41, 5.74) is 5.56. The van der Waals surface area contributed by atoms with E-state index in [0.29, 0.717) is 18.4 Å². The van der Waals surface area contributed by atoms with E-state index in [1.165, 1.54) is 12.8 Å². The summed E-state index contributed by atoms with van der Waals surface area (Å²) in [4.78, 5) is 12.2. The third-order valence-corrected chi connectivity index (χ3v) is 4.77. The Labute approximate surface area is 109 Å². The minimum Gasteiger partial charge on any atom is -0.396 e. The second-order valence-electron chi connectivity index (χ2n) is 6.06. The van der Waals surface area contributed by atoms with E-state index in [0.717, 1.165) is 38.5 Å². The Bertz CT molecular complexity index is 288. The summed E-state index contributed by atoms with van der Waals surface area (Å²) in [6.07, 6.45) is 8.31. The molecule has 1 amide bonds. The molecule has 0 spiro atoms. The van der Waals surface area contributed by atoms with E-state index in [-0.39, 0.29) is 12.5 Å². The van der Waals surface area contributed by atoms with Crippen molar-refractivity contribution in [1.29, 1.82) is 0 Å². The highest BCUT2D eigenvalue weighted by atomic mass is 16.3. The molecule has 4 heteroatoms. The number of aliphatic hydroxyl groups excluding tert-OH is 1. The molecule has 0 aliphatic heterocycles. The first-order chi connectivity index (χ1) is 8.65. The molecular formula is C14H26N2O2. The number of hydrogen-bond donors (Lipinski definition) is 3. The minimum atomic E-state index is -0.633. The maximum atomic E-state index is 12.2. The molecule has 0 aromatic carbocycles. The van der Waals surface area contributed by atoms with Crippen molar-refractivity contribution in [3.05, 3.63) is 0 Å². The molecule has 2 aliphatic rings. The van der Waals surface area contributed by atoms with Crippen LogP contribution >= 0.6 is 0 Å². The van der Waals surface area contributed by atoms with Crippen LogP contribution in [0.2, 0.25) is 0 Å². The van der Waals surface area contributed by atoms with Gasteiger partial charge in [0.25, 0.3) is 0 Å². The van der Waals surface area contributed by atoms with Crippen molar-refractivity contribution in [1.82, 2.24) is 5.32 Å². The standard InChI is InChI=1S/C14H26N2O2/c15-14(7-2-1-3-8-14)13(18)16-9-11-5-4-6-12(11)10-17/h11-12,17H,1-10,15H2,(H,16,18). The number of nitrogens with two attached hydrogens (primary N) is 1. The second kappa shape index (κ2) is 6.02. The van der Waals surface area contributed by atoms with Crippen LogP contribution < -0.4 is 11.1 Å². The Morgan fingerprint density at radius 1 is 1.17 bits per heavy atom. The molecule has 0 aromatic heterocycles. The number of carbonyl (C=O) groups is 1. The second-order valence-corrected chi connectivity index (χ2v) is 6.06. The van der Waals surface area contributed by atoms with Crippen molar-refractivity contribution >= 4 is 5.91 Å². The largest absolute Gasteiger partial charge is 0.396 e. The Kier molecular flexibility index (Phi) is 4.62. The van der Waals surface area contributed by atoms with E-state index in [1.54, 1.807) is 0 Å². The lowest BCUT2D eigenvalue weighted by Gasteiger charge is -2.32. The number of aliphatic hydroxyl groups is 1. The molecule has 0 aromatic rings. The van der Waals surface area contributed by atoms with Crippen molar-refractivity contribution in [2.24, 2.45) is 17.6 Å². The van der Waals surface area contributed by atoms with Crippen LogP contribution in [0.5, 0.6) is 0 Å². The van der Waals surface area contributed by atoms with Crippen molar-refractivity contribution in [3.63, 3.8) is 0 Å². The van der Waals surface area contributed by atoms with Gasteiger partial charge >= 0.3 is 0 Å². The fraction of sp³-hybridized carbons (Fsp3) is 0.929. The number of rotatable bonds is 4. The fourth-order valence-electron chi connectivity index (χ4n) is 3.43. The molecule has 18 heavy (non-hydrogen) atoms. The molecule has 4 nitrogen and oxygen atoms in total. The molecule has 0 saturated heterocycles. The van der Waals surface area contributed by atoms with Crippen LogP contribution in [0.4, 0.5) is 0 Å². The molecule has 2 atom stereocenters. The van der Waals surface area contributed by atoms with Gasteiger partial charge in [0.15, 0.2) is 0 Å². The summed E-state index contributed by atoms with van der Waals surface area (Å²) in [5, 5.41) is 12.3. The van der Waals surface area contributed by atoms with Crippen molar-refractivity contribution in [2.75, 3.05) is 13.2 Å². The summed E-state index contributed by atoms with van der Waals surface area (Å²) < 4.78 is 0. The third kappa shape index (κ3) is 3.04. The highest BCUT2D eigenvalue weighted by Gasteiger charge is 2.36. The van der Waals surface area contributed by atoms with Crippen molar-refractivity contribution < 1.29 is 9.90 Å². The molecule has 4 N–H and O–H groups in total. The maximum absolute atomic E-state index is 12.2. The van der Waals surface area contributed by atoms with Crippen LogP contribution in [0.1, 0.15) is 51.4 Å². The number of hydrogen-bond acceptors (Lipinski definition) is 3. The van der Waals surface area contributed by atoms with Gasteiger partial charge in [-0.25, -0.2) is 0 Å². The van der Waals surface area contributed by atoms with Crippen molar-refractivity contribution in [2.45, 2.75) is 56.9 Å². The zero-order chi connectivity index (χ0) is 13.0. The van der Waals surface area contributed by atoms with E-state index >= 15 is 0 Å². The lowest BCUT2D eigenvalue weighted by molar-refractivity contribution is -0.127. The van der Waals surface area contributed by atoms with Gasteiger partial charge in [0, 0.05) is 13.2 Å². The molecule has 2 saturated carbocycles. The van der Waals surface area contributed by atoms with Gasteiger partial charge in [-0.05, 0) is 37.5 Å². The topological polar surface area (TPSA) is 75.4 Å². The Balaban J connectivity index is 1.80. The molecule has 0 bridgehead atoms. The van der Waals surface area contributed by atoms with Gasteiger partial charge in [-0.15, -0.1) is 0 Å². The SMILES string of the molecule is NC1(C(=O)NCC2CCCC2CO)CCCCC1. The zero-order valence-corrected chi connectivity index (χ0v) is 11.2. The van der Waals surface area contributed by atoms with E-state index in [2.05, 4.69) is 5.32 Å². The minimum absolute atomic E-state index is 0.0192. The van der Waals surface area contributed by atoms with Gasteiger partial charge in [0.05, 0.1) is 5.54 Å². The van der Waals surface area contributed by atoms with Gasteiger partial charge in [-0.3, -0.25) is 4.79 Å². The van der Waals surface area contributed by atoms with Crippen LogP contribution in [0, 0.1) is 11.8 Å². The monoisotopic (exact) mass is 254 g/mol. The summed E-state index contributed by atoms with van der Waals surface area (Å²) in [7, 11) is 0. The van der Waals surface area contributed by atoms with E-state index in [9.17, 15) is 9.90 Å². The van der Waals surface area contributed by atoms with Crippen molar-refractivity contribution in [3.8, 4) is 0 Å². The molecular weight excluding hydrogens is 228 g/mol. The normalized spacial score (nSPS) is 31.2. The molecule has 2 unspecified atom stereocenters. The first kappa shape index (κ1) is 13.8. The lowest BCUT2D eigenvalue weighted by Crippen LogP contribution is -2.55. The molecule has 104 valence electrons. The quantitative estimate of drug-likeness (QED) is 0.705. The van der Waals surface area contributed by atoms with E-state index in [4.69, 9.17) is 5.73 Å². The number of amides is 1. The molecule has 0 radical (unpaired) electrons. The molecule has 2 aliphatic carbocycles. The van der Waals surface area contributed by atoms with Crippen LogP contribution in [-0.2, 0) is 4.79 Å². The third-order valence-electron chi connectivity index (χ3n) is 4.77. The zero-order valence-electron chi connectivity index (χ0n) is 11.2. The smallest absolute Gasteiger partial charge is 0.240 e. The van der Waals surface area contributed by atoms with Crippen LogP contribution in [-0.4, -0.2) is 29.7 Å². The fourth-order valence-corrected chi connectivity index (χ4v) is 3.43. The predicted molar refractivity (Wildman–Crippen MR) is 70.9 cm³/mol. The lowest BCUT2D eigenvalue weighted by atomic mass is 9.81.